The van der Waals surface area contributed by atoms with Gasteiger partial charge in [-0.25, -0.2) is 4.39 Å². The van der Waals surface area contributed by atoms with Crippen molar-refractivity contribution >= 4 is 17.3 Å². The third kappa shape index (κ3) is 2.82. The van der Waals surface area contributed by atoms with Crippen molar-refractivity contribution in [3.05, 3.63) is 53.3 Å². The highest BCUT2D eigenvalue weighted by Crippen LogP contribution is 2.20. The fraction of sp³-hybridized carbons (Fsp3) is 0.0714. The molecule has 4 N–H and O–H groups in total. The molecule has 1 amide bonds. The molecule has 0 aliphatic rings. The highest BCUT2D eigenvalue weighted by Gasteiger charge is 2.09. The highest BCUT2D eigenvalue weighted by atomic mass is 19.1. The molecule has 0 heterocycles. The molecule has 19 heavy (non-hydrogen) atoms. The van der Waals surface area contributed by atoms with E-state index in [4.69, 9.17) is 10.8 Å². The van der Waals surface area contributed by atoms with Gasteiger partial charge in [-0.2, -0.15) is 0 Å². The predicted octanol–water partition coefficient (Wildman–Crippen LogP) is 2.67. The first-order valence-corrected chi connectivity index (χ1v) is 5.63. The van der Waals surface area contributed by atoms with Gasteiger partial charge in [0.05, 0.1) is 0 Å². The second-order valence-electron chi connectivity index (χ2n) is 4.19. The molecule has 0 aromatic heterocycles. The molecule has 0 fully saturated rings. The molecule has 0 spiro atoms. The summed E-state index contributed by atoms with van der Waals surface area (Å²) in [7, 11) is 0. The molecule has 0 unspecified atom stereocenters. The minimum absolute atomic E-state index is 0.273. The van der Waals surface area contributed by atoms with E-state index in [0.717, 1.165) is 11.6 Å². The second kappa shape index (κ2) is 4.97. The van der Waals surface area contributed by atoms with E-state index in [1.165, 1.54) is 12.1 Å². The van der Waals surface area contributed by atoms with E-state index in [1.54, 1.807) is 25.1 Å². The molecule has 98 valence electrons. The van der Waals surface area contributed by atoms with Crippen molar-refractivity contribution in [3.8, 4) is 5.75 Å². The number of nitrogens with two attached hydrogens (primary N) is 1. The van der Waals surface area contributed by atoms with Crippen LogP contribution in [0.2, 0.25) is 0 Å². The molecular formula is C14H13FN2O2. The van der Waals surface area contributed by atoms with Crippen LogP contribution < -0.4 is 11.1 Å². The van der Waals surface area contributed by atoms with Gasteiger partial charge in [0.15, 0.2) is 11.6 Å². The zero-order valence-corrected chi connectivity index (χ0v) is 10.3. The summed E-state index contributed by atoms with van der Waals surface area (Å²) in [6.07, 6.45) is 0. The standard InChI is InChI=1S/C14H13FN2O2/c1-8-6-9(2-4-12(8)16)14(19)17-10-3-5-13(18)11(15)7-10/h2-7,18H,16H2,1H3,(H,17,19). The van der Waals surface area contributed by atoms with Gasteiger partial charge in [-0.15, -0.1) is 0 Å². The lowest BCUT2D eigenvalue weighted by Gasteiger charge is -2.07. The van der Waals surface area contributed by atoms with Gasteiger partial charge in [-0.1, -0.05) is 0 Å². The Kier molecular flexibility index (Phi) is 3.37. The topological polar surface area (TPSA) is 75.3 Å². The van der Waals surface area contributed by atoms with E-state index in [9.17, 15) is 9.18 Å². The maximum atomic E-state index is 13.1. The summed E-state index contributed by atoms with van der Waals surface area (Å²) in [5.41, 5.74) is 7.77. The van der Waals surface area contributed by atoms with E-state index in [-0.39, 0.29) is 11.6 Å². The van der Waals surface area contributed by atoms with Crippen LogP contribution in [0.1, 0.15) is 15.9 Å². The Morgan fingerprint density at radius 2 is 2.00 bits per heavy atom. The SMILES string of the molecule is Cc1cc(C(=O)Nc2ccc(O)c(F)c2)ccc1N. The Labute approximate surface area is 109 Å². The molecule has 2 aromatic rings. The van der Waals surface area contributed by atoms with Crippen LogP contribution in [-0.4, -0.2) is 11.0 Å². The van der Waals surface area contributed by atoms with Gasteiger partial charge in [-0.05, 0) is 42.8 Å². The van der Waals surface area contributed by atoms with Crippen LogP contribution in [0.15, 0.2) is 36.4 Å². The first kappa shape index (κ1) is 12.9. The molecule has 0 bridgehead atoms. The lowest BCUT2D eigenvalue weighted by atomic mass is 10.1. The lowest BCUT2D eigenvalue weighted by molar-refractivity contribution is 0.102. The number of carbonyl (C=O) groups is 1. The summed E-state index contributed by atoms with van der Waals surface area (Å²) < 4.78 is 13.1. The molecule has 2 rings (SSSR count). The number of aryl methyl sites for hydroxylation is 1. The smallest absolute Gasteiger partial charge is 0.255 e. The number of halogens is 1. The third-order valence-electron chi connectivity index (χ3n) is 2.74. The maximum Gasteiger partial charge on any atom is 0.255 e. The molecule has 0 radical (unpaired) electrons. The van der Waals surface area contributed by atoms with Crippen molar-refractivity contribution in [3.63, 3.8) is 0 Å². The zero-order valence-electron chi connectivity index (χ0n) is 10.3. The minimum atomic E-state index is -0.786. The normalized spacial score (nSPS) is 10.2. The number of hydrogen-bond acceptors (Lipinski definition) is 3. The fourth-order valence-electron chi connectivity index (χ4n) is 1.60. The summed E-state index contributed by atoms with van der Waals surface area (Å²) in [5.74, 6) is -1.61. The number of benzene rings is 2. The number of aromatic hydroxyl groups is 1. The van der Waals surface area contributed by atoms with Gasteiger partial charge in [0, 0.05) is 23.0 Å². The number of nitrogens with one attached hydrogen (secondary N) is 1. The van der Waals surface area contributed by atoms with Gasteiger partial charge in [0.25, 0.3) is 5.91 Å². The first-order chi connectivity index (χ1) is 8.97. The van der Waals surface area contributed by atoms with Crippen LogP contribution >= 0.6 is 0 Å². The number of phenols is 1. The number of hydrogen-bond donors (Lipinski definition) is 3. The largest absolute Gasteiger partial charge is 0.505 e. The molecule has 0 aliphatic carbocycles. The van der Waals surface area contributed by atoms with Crippen LogP contribution in [0.5, 0.6) is 5.75 Å². The Morgan fingerprint density at radius 1 is 1.26 bits per heavy atom. The average Bonchev–Trinajstić information content (AvgIpc) is 2.37. The van der Waals surface area contributed by atoms with Crippen molar-refractivity contribution in [1.82, 2.24) is 0 Å². The van der Waals surface area contributed by atoms with Gasteiger partial charge in [0.1, 0.15) is 0 Å². The number of carbonyl (C=O) groups excluding carboxylic acids is 1. The van der Waals surface area contributed by atoms with Crippen LogP contribution in [0.3, 0.4) is 0 Å². The maximum absolute atomic E-state index is 13.1. The van der Waals surface area contributed by atoms with Crippen molar-refractivity contribution in [1.29, 1.82) is 0 Å². The van der Waals surface area contributed by atoms with Crippen LogP contribution in [0.4, 0.5) is 15.8 Å². The van der Waals surface area contributed by atoms with E-state index >= 15 is 0 Å². The van der Waals surface area contributed by atoms with E-state index in [2.05, 4.69) is 5.32 Å². The predicted molar refractivity (Wildman–Crippen MR) is 71.6 cm³/mol. The summed E-state index contributed by atoms with van der Waals surface area (Å²) in [4.78, 5) is 11.9. The monoisotopic (exact) mass is 260 g/mol. The third-order valence-corrected chi connectivity index (χ3v) is 2.74. The Balaban J connectivity index is 2.20. The fourth-order valence-corrected chi connectivity index (χ4v) is 1.60. The average molecular weight is 260 g/mol. The molecule has 5 heteroatoms. The minimum Gasteiger partial charge on any atom is -0.505 e. The number of rotatable bonds is 2. The van der Waals surface area contributed by atoms with E-state index in [1.807, 2.05) is 0 Å². The highest BCUT2D eigenvalue weighted by molar-refractivity contribution is 6.04. The molecule has 4 nitrogen and oxygen atoms in total. The number of amides is 1. The molecule has 0 saturated carbocycles. The molecule has 0 aliphatic heterocycles. The van der Waals surface area contributed by atoms with Gasteiger partial charge >= 0.3 is 0 Å². The summed E-state index contributed by atoms with van der Waals surface area (Å²) >= 11 is 0. The van der Waals surface area contributed by atoms with Crippen LogP contribution in [-0.2, 0) is 0 Å². The summed E-state index contributed by atoms with van der Waals surface area (Å²) in [5, 5.41) is 11.6. The van der Waals surface area contributed by atoms with Crippen molar-refractivity contribution in [2.24, 2.45) is 0 Å². The number of nitrogen functional groups attached to an aromatic ring is 1. The van der Waals surface area contributed by atoms with Gasteiger partial charge < -0.3 is 16.2 Å². The van der Waals surface area contributed by atoms with Crippen molar-refractivity contribution in [2.75, 3.05) is 11.1 Å². The van der Waals surface area contributed by atoms with Crippen LogP contribution in [0.25, 0.3) is 0 Å². The van der Waals surface area contributed by atoms with E-state index < -0.39 is 11.6 Å². The number of anilines is 2. The quantitative estimate of drug-likeness (QED) is 0.574. The van der Waals surface area contributed by atoms with Crippen molar-refractivity contribution < 1.29 is 14.3 Å². The molecule has 2 aromatic carbocycles. The summed E-state index contributed by atoms with van der Waals surface area (Å²) in [6.45, 7) is 1.80. The van der Waals surface area contributed by atoms with Gasteiger partial charge in [-0.3, -0.25) is 4.79 Å². The first-order valence-electron chi connectivity index (χ1n) is 5.63. The van der Waals surface area contributed by atoms with Crippen LogP contribution in [0, 0.1) is 12.7 Å². The Morgan fingerprint density at radius 3 is 2.63 bits per heavy atom. The molecule has 0 saturated heterocycles. The second-order valence-corrected chi connectivity index (χ2v) is 4.19. The Bertz CT molecular complexity index is 641. The van der Waals surface area contributed by atoms with Crippen molar-refractivity contribution in [2.45, 2.75) is 6.92 Å². The summed E-state index contributed by atoms with van der Waals surface area (Å²) in [6, 6.07) is 8.54. The Hall–Kier alpha value is -2.56. The molecular weight excluding hydrogens is 247 g/mol. The lowest BCUT2D eigenvalue weighted by Crippen LogP contribution is -2.12. The van der Waals surface area contributed by atoms with Gasteiger partial charge in [0.2, 0.25) is 0 Å². The van der Waals surface area contributed by atoms with E-state index in [0.29, 0.717) is 11.3 Å². The zero-order chi connectivity index (χ0) is 14.0. The number of phenolic OH excluding ortho intramolecular Hbond substituents is 1. The molecule has 0 atom stereocenters.